The molecular weight excluding hydrogens is 172 g/mol. The van der Waals surface area contributed by atoms with E-state index >= 15 is 0 Å². The molecule has 13 heavy (non-hydrogen) atoms. The molecule has 3 N–H and O–H groups in total. The van der Waals surface area contributed by atoms with Gasteiger partial charge in [-0.15, -0.1) is 0 Å². The molecule has 2 saturated heterocycles. The molecule has 6 nitrogen and oxygen atoms in total. The smallest absolute Gasteiger partial charge is 0.410 e. The fraction of sp³-hybridized carbons (Fsp3) is 0.714. The third kappa shape index (κ3) is 1.09. The maximum absolute atomic E-state index is 11.1. The van der Waals surface area contributed by atoms with Gasteiger partial charge in [-0.3, -0.25) is 5.41 Å². The normalized spacial score (nSPS) is 24.5. The van der Waals surface area contributed by atoms with Gasteiger partial charge in [0.05, 0.1) is 19.6 Å². The fourth-order valence-electron chi connectivity index (χ4n) is 1.78. The summed E-state index contributed by atoms with van der Waals surface area (Å²) in [5.74, 6) is 0.0382. The van der Waals surface area contributed by atoms with Crippen LogP contribution in [0.4, 0.5) is 4.79 Å². The summed E-state index contributed by atoms with van der Waals surface area (Å²) < 4.78 is 5.17. The summed E-state index contributed by atoms with van der Waals surface area (Å²) in [6.45, 7) is 1.67. The maximum Gasteiger partial charge on any atom is 0.410 e. The first kappa shape index (κ1) is 8.15. The van der Waals surface area contributed by atoms with Crippen LogP contribution < -0.4 is 5.73 Å². The van der Waals surface area contributed by atoms with E-state index in [1.807, 2.05) is 0 Å². The van der Waals surface area contributed by atoms with Crippen LogP contribution in [0.2, 0.25) is 0 Å². The van der Waals surface area contributed by atoms with Crippen molar-refractivity contribution in [2.75, 3.05) is 26.7 Å². The predicted octanol–water partition coefficient (Wildman–Crippen LogP) is -0.984. The van der Waals surface area contributed by atoms with Crippen LogP contribution in [-0.4, -0.2) is 54.1 Å². The average molecular weight is 184 g/mol. The first-order valence-electron chi connectivity index (χ1n) is 4.05. The van der Waals surface area contributed by atoms with Crippen molar-refractivity contribution >= 4 is 12.1 Å². The number of hydrogen-bond acceptors (Lipinski definition) is 3. The standard InChI is InChI=1S/C7H12N4O2/c1-10-2-7(13-6(10)12)3-11(4-7)5(8)9/h2-4H2,1H3,(H3,8,9). The molecule has 0 aromatic carbocycles. The Balaban J connectivity index is 1.98. The number of rotatable bonds is 0. The Labute approximate surface area is 75.7 Å². The highest BCUT2D eigenvalue weighted by Crippen LogP contribution is 2.30. The van der Waals surface area contributed by atoms with Gasteiger partial charge in [-0.1, -0.05) is 0 Å². The number of hydrogen-bond donors (Lipinski definition) is 2. The summed E-state index contributed by atoms with van der Waals surface area (Å²) in [5, 5.41) is 7.15. The van der Waals surface area contributed by atoms with Crippen molar-refractivity contribution in [3.8, 4) is 0 Å². The highest BCUT2D eigenvalue weighted by atomic mass is 16.6. The average Bonchev–Trinajstić information content (AvgIpc) is 2.24. The van der Waals surface area contributed by atoms with Gasteiger partial charge >= 0.3 is 6.09 Å². The lowest BCUT2D eigenvalue weighted by Crippen LogP contribution is -2.66. The third-order valence-electron chi connectivity index (χ3n) is 2.44. The number of amides is 1. The van der Waals surface area contributed by atoms with Gasteiger partial charge in [0.1, 0.15) is 0 Å². The van der Waals surface area contributed by atoms with Crippen molar-refractivity contribution < 1.29 is 9.53 Å². The zero-order chi connectivity index (χ0) is 9.64. The molecule has 2 heterocycles. The van der Waals surface area contributed by atoms with Crippen molar-refractivity contribution in [3.05, 3.63) is 0 Å². The van der Waals surface area contributed by atoms with Crippen LogP contribution in [-0.2, 0) is 4.74 Å². The van der Waals surface area contributed by atoms with Crippen LogP contribution in [0.5, 0.6) is 0 Å². The van der Waals surface area contributed by atoms with E-state index < -0.39 is 5.60 Å². The van der Waals surface area contributed by atoms with Crippen LogP contribution in [0.1, 0.15) is 0 Å². The molecular formula is C7H12N4O2. The summed E-state index contributed by atoms with van der Waals surface area (Å²) in [7, 11) is 1.70. The number of likely N-dealkylation sites (tertiary alicyclic amines) is 1. The molecule has 0 unspecified atom stereocenters. The molecule has 2 fully saturated rings. The summed E-state index contributed by atoms with van der Waals surface area (Å²) in [4.78, 5) is 14.3. The number of nitrogens with two attached hydrogens (primary N) is 1. The molecule has 2 aliphatic rings. The largest absolute Gasteiger partial charge is 0.437 e. The molecule has 72 valence electrons. The van der Waals surface area contributed by atoms with E-state index in [0.717, 1.165) is 0 Å². The SMILES string of the molecule is CN1CC2(CN(C(=N)N)C2)OC1=O. The van der Waals surface area contributed by atoms with Crippen molar-refractivity contribution in [3.63, 3.8) is 0 Å². The van der Waals surface area contributed by atoms with E-state index in [9.17, 15) is 4.79 Å². The summed E-state index contributed by atoms with van der Waals surface area (Å²) in [6.07, 6.45) is -0.289. The molecule has 0 bridgehead atoms. The van der Waals surface area contributed by atoms with Gasteiger partial charge in [-0.05, 0) is 0 Å². The lowest BCUT2D eigenvalue weighted by atomic mass is 9.95. The van der Waals surface area contributed by atoms with Gasteiger partial charge in [0, 0.05) is 7.05 Å². The lowest BCUT2D eigenvalue weighted by molar-refractivity contribution is -0.0411. The Bertz CT molecular complexity index is 272. The topological polar surface area (TPSA) is 82.7 Å². The van der Waals surface area contributed by atoms with E-state index in [4.69, 9.17) is 15.9 Å². The molecule has 1 amide bonds. The van der Waals surface area contributed by atoms with Gasteiger partial charge in [-0.25, -0.2) is 4.79 Å². The molecule has 0 aliphatic carbocycles. The highest BCUT2D eigenvalue weighted by molar-refractivity contribution is 5.77. The second-order valence-electron chi connectivity index (χ2n) is 3.65. The Morgan fingerprint density at radius 2 is 2.23 bits per heavy atom. The van der Waals surface area contributed by atoms with Gasteiger partial charge in [0.2, 0.25) is 0 Å². The van der Waals surface area contributed by atoms with E-state index in [2.05, 4.69) is 0 Å². The lowest BCUT2D eigenvalue weighted by Gasteiger charge is -2.45. The molecule has 0 saturated carbocycles. The molecule has 0 aromatic heterocycles. The Hall–Kier alpha value is -1.46. The molecule has 0 atom stereocenters. The molecule has 2 rings (SSSR count). The Kier molecular flexibility index (Phi) is 1.43. The summed E-state index contributed by atoms with van der Waals surface area (Å²) >= 11 is 0. The zero-order valence-corrected chi connectivity index (χ0v) is 7.41. The van der Waals surface area contributed by atoms with Crippen LogP contribution >= 0.6 is 0 Å². The first-order chi connectivity index (χ1) is 6.02. The van der Waals surface area contributed by atoms with Crippen molar-refractivity contribution in [2.45, 2.75) is 5.60 Å². The number of nitrogens with zero attached hydrogens (tertiary/aromatic N) is 2. The Morgan fingerprint density at radius 3 is 2.62 bits per heavy atom. The number of ether oxygens (including phenoxy) is 1. The first-order valence-corrected chi connectivity index (χ1v) is 4.05. The molecule has 6 heteroatoms. The molecule has 1 spiro atoms. The molecule has 2 aliphatic heterocycles. The van der Waals surface area contributed by atoms with Crippen molar-refractivity contribution in [1.82, 2.24) is 9.80 Å². The highest BCUT2D eigenvalue weighted by Gasteiger charge is 2.53. The van der Waals surface area contributed by atoms with Crippen LogP contribution in [0.25, 0.3) is 0 Å². The molecule has 0 radical (unpaired) electrons. The maximum atomic E-state index is 11.1. The number of guanidine groups is 1. The quantitative estimate of drug-likeness (QED) is 0.374. The van der Waals surface area contributed by atoms with Gasteiger partial charge < -0.3 is 20.3 Å². The second kappa shape index (κ2) is 2.27. The minimum atomic E-state index is -0.405. The molecule has 0 aromatic rings. The third-order valence-corrected chi connectivity index (χ3v) is 2.44. The fourth-order valence-corrected chi connectivity index (χ4v) is 1.78. The van der Waals surface area contributed by atoms with E-state index in [0.29, 0.717) is 19.6 Å². The van der Waals surface area contributed by atoms with Gasteiger partial charge in [0.25, 0.3) is 0 Å². The number of carbonyl (C=O) groups is 1. The zero-order valence-electron chi connectivity index (χ0n) is 7.41. The monoisotopic (exact) mass is 184 g/mol. The van der Waals surface area contributed by atoms with Crippen LogP contribution in [0.15, 0.2) is 0 Å². The van der Waals surface area contributed by atoms with E-state index in [1.165, 1.54) is 4.90 Å². The van der Waals surface area contributed by atoms with Gasteiger partial charge in [0.15, 0.2) is 11.6 Å². The number of nitrogens with one attached hydrogen (secondary N) is 1. The minimum absolute atomic E-state index is 0.0382. The second-order valence-corrected chi connectivity index (χ2v) is 3.65. The van der Waals surface area contributed by atoms with Gasteiger partial charge in [-0.2, -0.15) is 0 Å². The Morgan fingerprint density at radius 1 is 1.62 bits per heavy atom. The van der Waals surface area contributed by atoms with E-state index in [-0.39, 0.29) is 12.1 Å². The van der Waals surface area contributed by atoms with Crippen molar-refractivity contribution in [2.24, 2.45) is 5.73 Å². The number of likely N-dealkylation sites (N-methyl/N-ethyl adjacent to an activating group) is 1. The summed E-state index contributed by atoms with van der Waals surface area (Å²) in [5.41, 5.74) is 4.87. The van der Waals surface area contributed by atoms with Crippen molar-refractivity contribution in [1.29, 1.82) is 5.41 Å². The van der Waals surface area contributed by atoms with Crippen LogP contribution in [0.3, 0.4) is 0 Å². The van der Waals surface area contributed by atoms with E-state index in [1.54, 1.807) is 11.9 Å². The minimum Gasteiger partial charge on any atom is -0.437 e. The predicted molar refractivity (Wildman–Crippen MR) is 45.3 cm³/mol. The summed E-state index contributed by atoms with van der Waals surface area (Å²) in [6, 6.07) is 0. The number of carbonyl (C=O) groups excluding carboxylic acids is 1. The van der Waals surface area contributed by atoms with Crippen LogP contribution in [0, 0.1) is 5.41 Å².